The Kier molecular flexibility index (Phi) is 3.61. The Bertz CT molecular complexity index is 401. The molecule has 0 aliphatic carbocycles. The third kappa shape index (κ3) is 3.40. The van der Waals surface area contributed by atoms with Gasteiger partial charge in [0.2, 0.25) is 0 Å². The minimum Gasteiger partial charge on any atom is -0.480 e. The first-order valence-electron chi connectivity index (χ1n) is 4.88. The predicted octanol–water partition coefficient (Wildman–Crippen LogP) is -0.577. The lowest BCUT2D eigenvalue weighted by molar-refractivity contribution is -0.142. The summed E-state index contributed by atoms with van der Waals surface area (Å²) in [4.78, 5) is 22.3. The van der Waals surface area contributed by atoms with Crippen molar-refractivity contribution < 1.29 is 14.7 Å². The summed E-state index contributed by atoms with van der Waals surface area (Å²) in [7, 11) is 0. The summed E-state index contributed by atoms with van der Waals surface area (Å²) >= 11 is 0. The second-order valence-corrected chi connectivity index (χ2v) is 4.02. The van der Waals surface area contributed by atoms with Gasteiger partial charge in [-0.3, -0.25) is 0 Å². The molecule has 0 aliphatic heterocycles. The average Bonchev–Trinajstić information content (AvgIpc) is 2.68. The number of carbonyl (C=O) groups excluding carboxylic acids is 1. The van der Waals surface area contributed by atoms with E-state index in [4.69, 9.17) is 5.11 Å². The topological polar surface area (TPSA) is 133 Å². The van der Waals surface area contributed by atoms with E-state index in [1.165, 1.54) is 13.8 Å². The van der Waals surface area contributed by atoms with Crippen LogP contribution in [-0.4, -0.2) is 43.3 Å². The number of aromatic amines is 1. The van der Waals surface area contributed by atoms with E-state index in [1.54, 1.807) is 6.92 Å². The molecule has 2 amide bonds. The molecule has 0 spiro atoms. The number of nitrogens with zero attached hydrogens (tertiary/aromatic N) is 3. The Labute approximate surface area is 97.0 Å². The number of urea groups is 1. The lowest BCUT2D eigenvalue weighted by atomic mass is 10.1. The Morgan fingerprint density at radius 1 is 1.47 bits per heavy atom. The molecule has 0 aromatic carbocycles. The van der Waals surface area contributed by atoms with Crippen LogP contribution in [-0.2, 0) is 4.79 Å². The molecule has 9 nitrogen and oxygen atoms in total. The van der Waals surface area contributed by atoms with E-state index in [0.717, 1.165) is 0 Å². The van der Waals surface area contributed by atoms with Gasteiger partial charge in [-0.15, -0.1) is 10.2 Å². The standard InChI is InChI=1S/C8H14N6O3/c1-4(5-11-13-14-12-5)9-7(17)10-8(2,3)6(15)16/h4H,1-3H3,(H,15,16)(H2,9,10,17)(H,11,12,13,14). The highest BCUT2D eigenvalue weighted by atomic mass is 16.4. The number of hydrogen-bond donors (Lipinski definition) is 4. The summed E-state index contributed by atoms with van der Waals surface area (Å²) in [6.07, 6.45) is 0. The lowest BCUT2D eigenvalue weighted by Crippen LogP contribution is -2.53. The maximum Gasteiger partial charge on any atom is 0.328 e. The van der Waals surface area contributed by atoms with Crippen LogP contribution in [0, 0.1) is 0 Å². The van der Waals surface area contributed by atoms with E-state index >= 15 is 0 Å². The first-order valence-corrected chi connectivity index (χ1v) is 4.88. The minimum atomic E-state index is -1.35. The van der Waals surface area contributed by atoms with E-state index in [1.807, 2.05) is 0 Å². The number of hydrogen-bond acceptors (Lipinski definition) is 5. The fourth-order valence-corrected chi connectivity index (χ4v) is 0.988. The molecular weight excluding hydrogens is 228 g/mol. The van der Waals surface area contributed by atoms with Crippen LogP contribution in [0.4, 0.5) is 4.79 Å². The third-order valence-corrected chi connectivity index (χ3v) is 2.06. The van der Waals surface area contributed by atoms with Crippen molar-refractivity contribution in [2.24, 2.45) is 0 Å². The van der Waals surface area contributed by atoms with Gasteiger partial charge in [0.25, 0.3) is 0 Å². The van der Waals surface area contributed by atoms with E-state index < -0.39 is 23.6 Å². The van der Waals surface area contributed by atoms with Crippen LogP contribution in [0.5, 0.6) is 0 Å². The van der Waals surface area contributed by atoms with E-state index in [0.29, 0.717) is 5.82 Å². The van der Waals surface area contributed by atoms with E-state index in [9.17, 15) is 9.59 Å². The molecule has 0 saturated carbocycles. The molecule has 1 aromatic rings. The molecule has 1 atom stereocenters. The first kappa shape index (κ1) is 12.9. The zero-order valence-electron chi connectivity index (χ0n) is 9.68. The maximum absolute atomic E-state index is 11.5. The minimum absolute atomic E-state index is 0.313. The fourth-order valence-electron chi connectivity index (χ4n) is 0.988. The molecule has 0 radical (unpaired) electrons. The Morgan fingerprint density at radius 3 is 2.59 bits per heavy atom. The molecule has 1 unspecified atom stereocenters. The largest absolute Gasteiger partial charge is 0.480 e. The average molecular weight is 242 g/mol. The summed E-state index contributed by atoms with van der Waals surface area (Å²) in [5.41, 5.74) is -1.35. The van der Waals surface area contributed by atoms with E-state index in [2.05, 4.69) is 31.3 Å². The summed E-state index contributed by atoms with van der Waals surface area (Å²) in [6, 6.07) is -1.09. The first-order chi connectivity index (χ1) is 7.83. The molecule has 0 saturated heterocycles. The Morgan fingerprint density at radius 2 is 2.12 bits per heavy atom. The van der Waals surface area contributed by atoms with Gasteiger partial charge in [-0.05, 0) is 20.8 Å². The summed E-state index contributed by atoms with van der Waals surface area (Å²) in [5, 5.41) is 26.6. The normalized spacial score (nSPS) is 12.9. The molecule has 0 bridgehead atoms. The summed E-state index contributed by atoms with van der Waals surface area (Å²) in [6.45, 7) is 4.42. The second-order valence-electron chi connectivity index (χ2n) is 4.02. The van der Waals surface area contributed by atoms with Crippen molar-refractivity contribution in [2.45, 2.75) is 32.4 Å². The maximum atomic E-state index is 11.5. The summed E-state index contributed by atoms with van der Waals surface area (Å²) in [5.74, 6) is -0.812. The molecular formula is C8H14N6O3. The number of carboxylic acids is 1. The van der Waals surface area contributed by atoms with Gasteiger partial charge in [-0.25, -0.2) is 9.59 Å². The number of aromatic nitrogens is 4. The van der Waals surface area contributed by atoms with Crippen LogP contribution < -0.4 is 10.6 Å². The van der Waals surface area contributed by atoms with Crippen molar-refractivity contribution in [1.82, 2.24) is 31.3 Å². The monoisotopic (exact) mass is 242 g/mol. The van der Waals surface area contributed by atoms with E-state index in [-0.39, 0.29) is 0 Å². The second kappa shape index (κ2) is 4.76. The molecule has 0 fully saturated rings. The Hall–Kier alpha value is -2.19. The number of rotatable bonds is 4. The van der Waals surface area contributed by atoms with Crippen LogP contribution in [0.2, 0.25) is 0 Å². The van der Waals surface area contributed by atoms with Crippen molar-refractivity contribution in [2.75, 3.05) is 0 Å². The molecule has 9 heteroatoms. The third-order valence-electron chi connectivity index (χ3n) is 2.06. The van der Waals surface area contributed by atoms with Crippen molar-refractivity contribution >= 4 is 12.0 Å². The number of carboxylic acid groups (broad SMARTS) is 1. The molecule has 4 N–H and O–H groups in total. The summed E-state index contributed by atoms with van der Waals surface area (Å²) < 4.78 is 0. The van der Waals surface area contributed by atoms with Crippen molar-refractivity contribution in [3.05, 3.63) is 5.82 Å². The predicted molar refractivity (Wildman–Crippen MR) is 56.0 cm³/mol. The molecule has 94 valence electrons. The van der Waals surface area contributed by atoms with Crippen LogP contribution in [0.3, 0.4) is 0 Å². The number of aliphatic carboxylic acids is 1. The highest BCUT2D eigenvalue weighted by Gasteiger charge is 2.29. The number of amides is 2. The van der Waals surface area contributed by atoms with Gasteiger partial charge in [0, 0.05) is 0 Å². The number of H-pyrrole nitrogens is 1. The lowest BCUT2D eigenvalue weighted by Gasteiger charge is -2.22. The zero-order chi connectivity index (χ0) is 13.1. The zero-order valence-corrected chi connectivity index (χ0v) is 9.68. The van der Waals surface area contributed by atoms with Gasteiger partial charge in [0.15, 0.2) is 5.82 Å². The van der Waals surface area contributed by atoms with Crippen molar-refractivity contribution in [1.29, 1.82) is 0 Å². The molecule has 1 heterocycles. The van der Waals surface area contributed by atoms with Crippen LogP contribution >= 0.6 is 0 Å². The van der Waals surface area contributed by atoms with Crippen LogP contribution in [0.15, 0.2) is 0 Å². The smallest absolute Gasteiger partial charge is 0.328 e. The highest BCUT2D eigenvalue weighted by molar-refractivity contribution is 5.85. The Balaban J connectivity index is 2.53. The van der Waals surface area contributed by atoms with Gasteiger partial charge in [-0.2, -0.15) is 5.21 Å². The number of carbonyl (C=O) groups is 2. The van der Waals surface area contributed by atoms with Crippen LogP contribution in [0.1, 0.15) is 32.6 Å². The van der Waals surface area contributed by atoms with Gasteiger partial charge in [-0.1, -0.05) is 5.21 Å². The van der Waals surface area contributed by atoms with Gasteiger partial charge >= 0.3 is 12.0 Å². The molecule has 17 heavy (non-hydrogen) atoms. The van der Waals surface area contributed by atoms with Crippen LogP contribution in [0.25, 0.3) is 0 Å². The van der Waals surface area contributed by atoms with Gasteiger partial charge in [0.1, 0.15) is 5.54 Å². The van der Waals surface area contributed by atoms with Gasteiger partial charge < -0.3 is 15.7 Å². The van der Waals surface area contributed by atoms with Crippen molar-refractivity contribution in [3.63, 3.8) is 0 Å². The number of nitrogens with one attached hydrogen (secondary N) is 3. The highest BCUT2D eigenvalue weighted by Crippen LogP contribution is 2.05. The number of tetrazole rings is 1. The fraction of sp³-hybridized carbons (Fsp3) is 0.625. The molecule has 1 aromatic heterocycles. The SMILES string of the molecule is CC(NC(=O)NC(C)(C)C(=O)O)c1nn[nH]n1. The molecule has 0 aliphatic rings. The quantitative estimate of drug-likeness (QED) is 0.558. The van der Waals surface area contributed by atoms with Crippen molar-refractivity contribution in [3.8, 4) is 0 Å². The molecule has 1 rings (SSSR count). The van der Waals surface area contributed by atoms with Gasteiger partial charge in [0.05, 0.1) is 6.04 Å².